The summed E-state index contributed by atoms with van der Waals surface area (Å²) in [4.78, 5) is 9.19. The normalized spacial score (nSPS) is 11.1. The zero-order valence-corrected chi connectivity index (χ0v) is 11.6. The van der Waals surface area contributed by atoms with Crippen molar-refractivity contribution in [2.75, 3.05) is 0 Å². The van der Waals surface area contributed by atoms with Gasteiger partial charge in [-0.05, 0) is 17.5 Å². The monoisotopic (exact) mass is 303 g/mol. The van der Waals surface area contributed by atoms with Crippen LogP contribution in [0.5, 0.6) is 0 Å². The van der Waals surface area contributed by atoms with Gasteiger partial charge in [-0.25, -0.2) is 4.39 Å². The summed E-state index contributed by atoms with van der Waals surface area (Å²) in [6.45, 7) is 0.0299. The first-order valence-corrected chi connectivity index (χ1v) is 7.02. The van der Waals surface area contributed by atoms with Gasteiger partial charge in [0.1, 0.15) is 5.82 Å². The first kappa shape index (κ1) is 13.4. The van der Waals surface area contributed by atoms with E-state index in [0.29, 0.717) is 17.3 Å². The van der Waals surface area contributed by atoms with E-state index < -0.39 is 0 Å². The van der Waals surface area contributed by atoms with Crippen molar-refractivity contribution in [1.29, 1.82) is 0 Å². The van der Waals surface area contributed by atoms with Crippen LogP contribution in [0.2, 0.25) is 0 Å². The molecule has 0 atom stereocenters. The van der Waals surface area contributed by atoms with E-state index in [0.717, 1.165) is 5.56 Å². The molecule has 3 aromatic rings. The summed E-state index contributed by atoms with van der Waals surface area (Å²) in [7, 11) is 0. The smallest absolute Gasteiger partial charge is 0.267 e. The van der Waals surface area contributed by atoms with Crippen molar-refractivity contribution in [3.8, 4) is 11.4 Å². The lowest BCUT2D eigenvalue weighted by Gasteiger charge is -1.95. The molecule has 0 fully saturated rings. The second-order valence-electron chi connectivity index (χ2n) is 4.05. The van der Waals surface area contributed by atoms with E-state index in [2.05, 4.69) is 15.3 Å². The third-order valence-electron chi connectivity index (χ3n) is 2.61. The van der Waals surface area contributed by atoms with Gasteiger partial charge in [-0.3, -0.25) is 0 Å². The molecule has 0 radical (unpaired) electrons. The van der Waals surface area contributed by atoms with Crippen LogP contribution in [0, 0.1) is 5.82 Å². The fourth-order valence-electron chi connectivity index (χ4n) is 1.59. The summed E-state index contributed by atoms with van der Waals surface area (Å²) < 4.78 is 18.3. The fourth-order valence-corrected chi connectivity index (χ4v) is 2.22. The van der Waals surface area contributed by atoms with E-state index in [9.17, 15) is 4.39 Å². The maximum atomic E-state index is 13.3. The van der Waals surface area contributed by atoms with Crippen molar-refractivity contribution < 1.29 is 13.8 Å². The number of halogens is 1. The highest BCUT2D eigenvalue weighted by atomic mass is 32.1. The number of hydrogen-bond donors (Lipinski definition) is 0. The number of nitrogens with zero attached hydrogens (tertiary/aromatic N) is 3. The zero-order valence-electron chi connectivity index (χ0n) is 10.8. The Morgan fingerprint density at radius 2 is 2.24 bits per heavy atom. The highest BCUT2D eigenvalue weighted by Crippen LogP contribution is 2.18. The second kappa shape index (κ2) is 6.27. The predicted molar refractivity (Wildman–Crippen MR) is 76.4 cm³/mol. The van der Waals surface area contributed by atoms with Gasteiger partial charge in [0.05, 0.1) is 6.21 Å². The summed E-state index contributed by atoms with van der Waals surface area (Å²) in [5.74, 6) is 0.456. The summed E-state index contributed by atoms with van der Waals surface area (Å²) in [5, 5.41) is 11.4. The summed E-state index contributed by atoms with van der Waals surface area (Å²) in [6, 6.07) is 8.18. The molecule has 0 bridgehead atoms. The van der Waals surface area contributed by atoms with Gasteiger partial charge < -0.3 is 9.36 Å². The van der Waals surface area contributed by atoms with Crippen molar-refractivity contribution in [2.24, 2.45) is 5.16 Å². The lowest BCUT2D eigenvalue weighted by Crippen LogP contribution is -1.90. The summed E-state index contributed by atoms with van der Waals surface area (Å²) in [6.07, 6.45) is 1.30. The van der Waals surface area contributed by atoms with Crippen LogP contribution in [0.1, 0.15) is 11.5 Å². The molecule has 0 saturated carbocycles. The van der Waals surface area contributed by atoms with Crippen LogP contribution >= 0.6 is 11.3 Å². The maximum Gasteiger partial charge on any atom is 0.267 e. The molecule has 5 nitrogen and oxygen atoms in total. The molecule has 21 heavy (non-hydrogen) atoms. The van der Waals surface area contributed by atoms with E-state index in [1.165, 1.54) is 12.3 Å². The number of rotatable bonds is 5. The average Bonchev–Trinajstić information content (AvgIpc) is 3.16. The van der Waals surface area contributed by atoms with E-state index in [1.807, 2.05) is 16.8 Å². The molecule has 0 N–H and O–H groups in total. The molecule has 0 spiro atoms. The van der Waals surface area contributed by atoms with E-state index >= 15 is 0 Å². The van der Waals surface area contributed by atoms with Crippen LogP contribution in [-0.2, 0) is 11.4 Å². The van der Waals surface area contributed by atoms with E-state index in [-0.39, 0.29) is 12.4 Å². The molecule has 0 aliphatic rings. The molecule has 3 rings (SSSR count). The largest absolute Gasteiger partial charge is 0.386 e. The lowest BCUT2D eigenvalue weighted by molar-refractivity contribution is 0.107. The molecule has 0 amide bonds. The Kier molecular flexibility index (Phi) is 4.02. The second-order valence-corrected chi connectivity index (χ2v) is 4.83. The predicted octanol–water partition coefficient (Wildman–Crippen LogP) is 3.49. The number of hydrogen-bond acceptors (Lipinski definition) is 6. The standard InChI is InChI=1S/C14H10FN3O2S/c15-12-4-2-1-3-10(12)7-16-19-8-13-17-14(18-20-13)11-5-6-21-9-11/h1-7,9H,8H2/b16-7-. The summed E-state index contributed by atoms with van der Waals surface area (Å²) >= 11 is 1.55. The van der Waals surface area contributed by atoms with Gasteiger partial charge in [-0.2, -0.15) is 16.3 Å². The van der Waals surface area contributed by atoms with Crippen molar-refractivity contribution in [3.63, 3.8) is 0 Å². The van der Waals surface area contributed by atoms with Crippen LogP contribution in [0.3, 0.4) is 0 Å². The molecule has 106 valence electrons. The molecule has 0 aliphatic carbocycles. The number of thiophene rings is 1. The first-order chi connectivity index (χ1) is 10.3. The fraction of sp³-hybridized carbons (Fsp3) is 0.0714. The Bertz CT molecular complexity index is 740. The third kappa shape index (κ3) is 3.32. The minimum absolute atomic E-state index is 0.0299. The molecule has 2 aromatic heterocycles. The number of aromatic nitrogens is 2. The van der Waals surface area contributed by atoms with E-state index in [1.54, 1.807) is 29.5 Å². The number of oxime groups is 1. The molecular weight excluding hydrogens is 293 g/mol. The topological polar surface area (TPSA) is 60.5 Å². The van der Waals surface area contributed by atoms with Gasteiger partial charge in [0.25, 0.3) is 5.89 Å². The zero-order chi connectivity index (χ0) is 14.5. The lowest BCUT2D eigenvalue weighted by atomic mass is 10.2. The molecule has 0 aliphatic heterocycles. The van der Waals surface area contributed by atoms with Gasteiger partial charge >= 0.3 is 0 Å². The average molecular weight is 303 g/mol. The Hall–Kier alpha value is -2.54. The highest BCUT2D eigenvalue weighted by molar-refractivity contribution is 7.08. The van der Waals surface area contributed by atoms with Crippen molar-refractivity contribution in [1.82, 2.24) is 10.1 Å². The van der Waals surface area contributed by atoms with Gasteiger partial charge in [-0.1, -0.05) is 28.5 Å². The van der Waals surface area contributed by atoms with Gasteiger partial charge in [0.15, 0.2) is 6.61 Å². The molecule has 0 unspecified atom stereocenters. The quantitative estimate of drug-likeness (QED) is 0.535. The first-order valence-electron chi connectivity index (χ1n) is 6.08. The van der Waals surface area contributed by atoms with Crippen LogP contribution in [0.25, 0.3) is 11.4 Å². The molecular formula is C14H10FN3O2S. The molecule has 0 saturated heterocycles. The highest BCUT2D eigenvalue weighted by Gasteiger charge is 2.08. The Balaban J connectivity index is 1.58. The Morgan fingerprint density at radius 3 is 3.05 bits per heavy atom. The Morgan fingerprint density at radius 1 is 1.33 bits per heavy atom. The van der Waals surface area contributed by atoms with Gasteiger partial charge in [-0.15, -0.1) is 0 Å². The van der Waals surface area contributed by atoms with Crippen LogP contribution in [-0.4, -0.2) is 16.4 Å². The third-order valence-corrected chi connectivity index (χ3v) is 3.29. The SMILES string of the molecule is Fc1ccccc1/C=N\OCc1nc(-c2ccsc2)no1. The molecule has 2 heterocycles. The molecule has 7 heteroatoms. The van der Waals surface area contributed by atoms with Gasteiger partial charge in [0, 0.05) is 16.5 Å². The Labute approximate surface area is 123 Å². The van der Waals surface area contributed by atoms with Crippen LogP contribution in [0.15, 0.2) is 50.8 Å². The van der Waals surface area contributed by atoms with Crippen LogP contribution < -0.4 is 0 Å². The van der Waals surface area contributed by atoms with Crippen LogP contribution in [0.4, 0.5) is 4.39 Å². The van der Waals surface area contributed by atoms with Crippen molar-refractivity contribution in [2.45, 2.75) is 6.61 Å². The maximum absolute atomic E-state index is 13.3. The summed E-state index contributed by atoms with van der Waals surface area (Å²) in [5.41, 5.74) is 1.24. The van der Waals surface area contributed by atoms with Crippen molar-refractivity contribution >= 4 is 17.6 Å². The number of benzene rings is 1. The van der Waals surface area contributed by atoms with Crippen molar-refractivity contribution in [3.05, 3.63) is 58.4 Å². The minimum Gasteiger partial charge on any atom is -0.386 e. The van der Waals surface area contributed by atoms with Gasteiger partial charge in [0.2, 0.25) is 5.82 Å². The minimum atomic E-state index is -0.359. The van der Waals surface area contributed by atoms with E-state index in [4.69, 9.17) is 9.36 Å². The molecule has 1 aromatic carbocycles.